The Morgan fingerprint density at radius 1 is 0.842 bits per heavy atom. The van der Waals surface area contributed by atoms with Gasteiger partial charge in [-0.3, -0.25) is 0 Å². The molecule has 1 aliphatic rings. The quantitative estimate of drug-likeness (QED) is 0.668. The second-order valence-corrected chi connectivity index (χ2v) is 12.4. The summed E-state index contributed by atoms with van der Waals surface area (Å²) in [6.45, 7) is 22.2. The fourth-order valence-electron chi connectivity index (χ4n) is 2.60. The van der Waals surface area contributed by atoms with Gasteiger partial charge in [0.1, 0.15) is 0 Å². The summed E-state index contributed by atoms with van der Waals surface area (Å²) in [4.78, 5) is 4.92. The second kappa shape index (κ2) is 5.28. The second-order valence-electron chi connectivity index (χ2n) is 8.58. The molecule has 0 aromatic carbocycles. The van der Waals surface area contributed by atoms with Gasteiger partial charge in [-0.1, -0.05) is 49.5 Å². The molecule has 0 aromatic rings. The summed E-state index contributed by atoms with van der Waals surface area (Å²) >= 11 is 0. The normalized spacial score (nSPS) is 17.8. The van der Waals surface area contributed by atoms with E-state index >= 15 is 0 Å². The SMILES string of the molecule is CC(C)(C)N1C=CN(CP(C(C)(C)C)C(C)(C)C)C1. The summed E-state index contributed by atoms with van der Waals surface area (Å²) in [5.74, 6) is 0. The van der Waals surface area contributed by atoms with E-state index in [1.54, 1.807) is 0 Å². The lowest BCUT2D eigenvalue weighted by Gasteiger charge is -2.44. The maximum Gasteiger partial charge on any atom is 0.0902 e. The van der Waals surface area contributed by atoms with Gasteiger partial charge in [-0.25, -0.2) is 0 Å². The van der Waals surface area contributed by atoms with Crippen LogP contribution in [0.15, 0.2) is 12.4 Å². The first-order valence-electron chi connectivity index (χ1n) is 7.29. The molecule has 0 fully saturated rings. The lowest BCUT2D eigenvalue weighted by Crippen LogP contribution is -2.40. The third-order valence-electron chi connectivity index (χ3n) is 3.60. The van der Waals surface area contributed by atoms with Crippen molar-refractivity contribution in [2.24, 2.45) is 0 Å². The van der Waals surface area contributed by atoms with E-state index in [4.69, 9.17) is 0 Å². The van der Waals surface area contributed by atoms with Crippen LogP contribution in [0.3, 0.4) is 0 Å². The third-order valence-corrected chi connectivity index (χ3v) is 7.48. The molecule has 0 saturated carbocycles. The Kier molecular flexibility index (Phi) is 4.67. The van der Waals surface area contributed by atoms with E-state index in [0.29, 0.717) is 10.3 Å². The van der Waals surface area contributed by atoms with Gasteiger partial charge in [0, 0.05) is 24.2 Å². The molecule has 0 radical (unpaired) electrons. The summed E-state index contributed by atoms with van der Waals surface area (Å²) < 4.78 is 0. The van der Waals surface area contributed by atoms with Crippen molar-refractivity contribution in [2.75, 3.05) is 13.0 Å². The molecule has 0 aromatic heterocycles. The van der Waals surface area contributed by atoms with Crippen molar-refractivity contribution in [1.29, 1.82) is 0 Å². The standard InChI is InChI=1S/C16H33N2P/c1-14(2,3)18-11-10-17(12-18)13-19(15(4,5)6)16(7,8)9/h10-11H,12-13H2,1-9H3. The first kappa shape index (κ1) is 16.8. The molecule has 19 heavy (non-hydrogen) atoms. The average Bonchev–Trinajstić information content (AvgIpc) is 2.57. The molecular formula is C16H33N2P. The largest absolute Gasteiger partial charge is 0.354 e. The third kappa shape index (κ3) is 4.67. The molecule has 0 atom stereocenters. The number of hydrogen-bond donors (Lipinski definition) is 0. The molecule has 2 nitrogen and oxygen atoms in total. The van der Waals surface area contributed by atoms with Crippen molar-refractivity contribution >= 4 is 7.92 Å². The first-order chi connectivity index (χ1) is 8.32. The molecule has 1 heterocycles. The van der Waals surface area contributed by atoms with Crippen LogP contribution in [0.2, 0.25) is 0 Å². The Labute approximate surface area is 122 Å². The Balaban J connectivity index is 2.72. The smallest absolute Gasteiger partial charge is 0.0902 e. The van der Waals surface area contributed by atoms with Crippen LogP contribution in [0.5, 0.6) is 0 Å². The minimum Gasteiger partial charge on any atom is -0.354 e. The van der Waals surface area contributed by atoms with Crippen LogP contribution < -0.4 is 0 Å². The molecule has 0 bridgehead atoms. The van der Waals surface area contributed by atoms with Gasteiger partial charge >= 0.3 is 0 Å². The lowest BCUT2D eigenvalue weighted by atomic mass is 10.1. The van der Waals surface area contributed by atoms with E-state index in [9.17, 15) is 0 Å². The van der Waals surface area contributed by atoms with Crippen molar-refractivity contribution in [1.82, 2.24) is 9.80 Å². The van der Waals surface area contributed by atoms with Crippen molar-refractivity contribution < 1.29 is 0 Å². The van der Waals surface area contributed by atoms with E-state index in [1.807, 2.05) is 0 Å². The maximum atomic E-state index is 2.49. The highest BCUT2D eigenvalue weighted by Crippen LogP contribution is 2.59. The molecule has 0 N–H and O–H groups in total. The number of rotatable bonds is 2. The van der Waals surface area contributed by atoms with Crippen LogP contribution in [0.4, 0.5) is 0 Å². The zero-order chi connectivity index (χ0) is 15.1. The van der Waals surface area contributed by atoms with E-state index in [-0.39, 0.29) is 13.5 Å². The predicted octanol–water partition coefficient (Wildman–Crippen LogP) is 4.87. The topological polar surface area (TPSA) is 6.48 Å². The highest BCUT2D eigenvalue weighted by atomic mass is 31.1. The zero-order valence-electron chi connectivity index (χ0n) is 14.4. The van der Waals surface area contributed by atoms with Gasteiger partial charge in [0.15, 0.2) is 0 Å². The van der Waals surface area contributed by atoms with E-state index in [0.717, 1.165) is 6.67 Å². The maximum absolute atomic E-state index is 2.49. The number of hydrogen-bond acceptors (Lipinski definition) is 2. The van der Waals surface area contributed by atoms with E-state index < -0.39 is 0 Å². The van der Waals surface area contributed by atoms with E-state index in [1.165, 1.54) is 6.29 Å². The van der Waals surface area contributed by atoms with Gasteiger partial charge in [-0.05, 0) is 31.1 Å². The molecule has 0 aliphatic carbocycles. The van der Waals surface area contributed by atoms with Crippen LogP contribution in [0.25, 0.3) is 0 Å². The first-order valence-corrected chi connectivity index (χ1v) is 8.81. The summed E-state index contributed by atoms with van der Waals surface area (Å²) in [5.41, 5.74) is 0.220. The Morgan fingerprint density at radius 2 is 1.32 bits per heavy atom. The molecule has 1 rings (SSSR count). The molecule has 0 unspecified atom stereocenters. The fraction of sp³-hybridized carbons (Fsp3) is 0.875. The highest BCUT2D eigenvalue weighted by Gasteiger charge is 2.36. The Bertz CT molecular complexity index is 314. The van der Waals surface area contributed by atoms with Gasteiger partial charge in [-0.2, -0.15) is 0 Å². The average molecular weight is 284 g/mol. The van der Waals surface area contributed by atoms with Crippen LogP contribution in [0.1, 0.15) is 62.3 Å². The Morgan fingerprint density at radius 3 is 1.63 bits per heavy atom. The van der Waals surface area contributed by atoms with Crippen molar-refractivity contribution in [3.63, 3.8) is 0 Å². The minimum absolute atomic E-state index is 0.0607. The van der Waals surface area contributed by atoms with Crippen LogP contribution in [0, 0.1) is 0 Å². The van der Waals surface area contributed by atoms with Gasteiger partial charge in [-0.15, -0.1) is 0 Å². The van der Waals surface area contributed by atoms with Gasteiger partial charge in [0.05, 0.1) is 6.67 Å². The summed E-state index contributed by atoms with van der Waals surface area (Å²) in [6, 6.07) is 0. The fourth-order valence-corrected chi connectivity index (χ4v) is 6.01. The zero-order valence-corrected chi connectivity index (χ0v) is 15.3. The van der Waals surface area contributed by atoms with Crippen molar-refractivity contribution in [3.05, 3.63) is 12.4 Å². The molecule has 3 heteroatoms. The molecular weight excluding hydrogens is 251 g/mol. The molecule has 112 valence electrons. The summed E-state index contributed by atoms with van der Waals surface area (Å²) in [5, 5.41) is 0.799. The van der Waals surface area contributed by atoms with Crippen molar-refractivity contribution in [2.45, 2.75) is 78.2 Å². The van der Waals surface area contributed by atoms with Crippen LogP contribution in [-0.4, -0.2) is 38.6 Å². The van der Waals surface area contributed by atoms with Gasteiger partial charge in [0.25, 0.3) is 0 Å². The van der Waals surface area contributed by atoms with Crippen molar-refractivity contribution in [3.8, 4) is 0 Å². The highest BCUT2D eigenvalue weighted by molar-refractivity contribution is 7.60. The lowest BCUT2D eigenvalue weighted by molar-refractivity contribution is 0.170. The summed E-state index contributed by atoms with van der Waals surface area (Å²) in [7, 11) is -0.0607. The summed E-state index contributed by atoms with van der Waals surface area (Å²) in [6.07, 6.45) is 5.72. The number of nitrogens with zero attached hydrogens (tertiary/aromatic N) is 2. The van der Waals surface area contributed by atoms with Gasteiger partial charge < -0.3 is 9.80 Å². The molecule has 0 spiro atoms. The molecule has 0 saturated heterocycles. The predicted molar refractivity (Wildman–Crippen MR) is 88.7 cm³/mol. The van der Waals surface area contributed by atoms with Gasteiger partial charge in [0.2, 0.25) is 0 Å². The Hall–Kier alpha value is -0.230. The molecule has 1 aliphatic heterocycles. The van der Waals surface area contributed by atoms with Crippen LogP contribution in [-0.2, 0) is 0 Å². The van der Waals surface area contributed by atoms with Crippen LogP contribution >= 0.6 is 7.92 Å². The molecule has 0 amide bonds. The minimum atomic E-state index is -0.0607. The monoisotopic (exact) mass is 284 g/mol. The van der Waals surface area contributed by atoms with E-state index in [2.05, 4.69) is 84.5 Å².